The molecule has 0 radical (unpaired) electrons. The van der Waals surface area contributed by atoms with Crippen LogP contribution in [0.1, 0.15) is 90.4 Å². The third kappa shape index (κ3) is 8.92. The van der Waals surface area contributed by atoms with Crippen LogP contribution in [0.3, 0.4) is 0 Å². The van der Waals surface area contributed by atoms with Crippen molar-refractivity contribution in [3.05, 3.63) is 12.2 Å². The maximum absolute atomic E-state index is 12.1. The van der Waals surface area contributed by atoms with E-state index in [4.69, 9.17) is 5.11 Å². The Bertz CT molecular complexity index is 373. The summed E-state index contributed by atoms with van der Waals surface area (Å²) in [6.45, 7) is 2.23. The van der Waals surface area contributed by atoms with E-state index in [-0.39, 0.29) is 12.3 Å². The third-order valence-corrected chi connectivity index (χ3v) is 4.92. The second-order valence-electron chi connectivity index (χ2n) is 6.90. The van der Waals surface area contributed by atoms with Gasteiger partial charge in [0, 0.05) is 18.8 Å². The quantitative estimate of drug-likeness (QED) is 0.358. The predicted octanol–water partition coefficient (Wildman–Crippen LogP) is 5.53. The molecule has 0 aromatic rings. The number of ketones is 1. The highest BCUT2D eigenvalue weighted by Crippen LogP contribution is 2.34. The largest absolute Gasteiger partial charge is 0.481 e. The van der Waals surface area contributed by atoms with Crippen molar-refractivity contribution < 1.29 is 14.7 Å². The summed E-state index contributed by atoms with van der Waals surface area (Å²) in [5, 5.41) is 8.61. The van der Waals surface area contributed by atoms with Gasteiger partial charge < -0.3 is 5.11 Å². The summed E-state index contributed by atoms with van der Waals surface area (Å²) in [6, 6.07) is 0. The molecule has 0 aromatic carbocycles. The normalized spacial score (nSPS) is 21.3. The van der Waals surface area contributed by atoms with Gasteiger partial charge in [-0.05, 0) is 38.0 Å². The van der Waals surface area contributed by atoms with Crippen LogP contribution in [-0.2, 0) is 9.59 Å². The fourth-order valence-electron chi connectivity index (χ4n) is 3.49. The minimum atomic E-state index is -0.708. The first-order chi connectivity index (χ1) is 11.1. The average molecular weight is 322 g/mol. The Morgan fingerprint density at radius 3 is 2.61 bits per heavy atom. The van der Waals surface area contributed by atoms with Crippen molar-refractivity contribution >= 4 is 11.8 Å². The molecule has 0 aromatic heterocycles. The minimum Gasteiger partial charge on any atom is -0.481 e. The van der Waals surface area contributed by atoms with Crippen LogP contribution in [0.5, 0.6) is 0 Å². The summed E-state index contributed by atoms with van der Waals surface area (Å²) in [5.74, 6) is 0.408. The lowest BCUT2D eigenvalue weighted by molar-refractivity contribution is -0.137. The molecule has 2 atom stereocenters. The number of carboxylic acids is 1. The molecule has 1 aliphatic carbocycles. The van der Waals surface area contributed by atoms with Crippen LogP contribution in [0.15, 0.2) is 12.2 Å². The number of allylic oxidation sites excluding steroid dienone is 2. The minimum absolute atomic E-state index is 0.223. The van der Waals surface area contributed by atoms with Gasteiger partial charge in [-0.2, -0.15) is 0 Å². The van der Waals surface area contributed by atoms with Gasteiger partial charge in [-0.15, -0.1) is 0 Å². The number of Topliss-reactive ketones (excluding diaryl/α,β-unsaturated/α-hetero) is 1. The molecule has 0 heterocycles. The maximum Gasteiger partial charge on any atom is 0.303 e. The van der Waals surface area contributed by atoms with Gasteiger partial charge in [-0.1, -0.05) is 57.6 Å². The molecule has 132 valence electrons. The monoisotopic (exact) mass is 322 g/mol. The molecule has 1 fully saturated rings. The van der Waals surface area contributed by atoms with Gasteiger partial charge in [0.1, 0.15) is 5.78 Å². The molecular formula is C20H34O3. The number of carboxylic acid groups (broad SMARTS) is 1. The molecule has 0 aliphatic heterocycles. The second kappa shape index (κ2) is 12.3. The smallest absolute Gasteiger partial charge is 0.303 e. The number of rotatable bonds is 13. The van der Waals surface area contributed by atoms with Gasteiger partial charge >= 0.3 is 5.97 Å². The average Bonchev–Trinajstić information content (AvgIpc) is 2.86. The van der Waals surface area contributed by atoms with Crippen LogP contribution in [0, 0.1) is 11.8 Å². The molecule has 1 aliphatic rings. The van der Waals surface area contributed by atoms with E-state index < -0.39 is 5.97 Å². The first-order valence-corrected chi connectivity index (χ1v) is 9.56. The molecule has 0 spiro atoms. The van der Waals surface area contributed by atoms with Crippen molar-refractivity contribution in [1.82, 2.24) is 0 Å². The lowest BCUT2D eigenvalue weighted by atomic mass is 9.89. The predicted molar refractivity (Wildman–Crippen MR) is 94.5 cm³/mol. The summed E-state index contributed by atoms with van der Waals surface area (Å²) in [5.41, 5.74) is 0. The molecule has 3 heteroatoms. The summed E-state index contributed by atoms with van der Waals surface area (Å²) in [6.07, 6.45) is 17.7. The van der Waals surface area contributed by atoms with E-state index >= 15 is 0 Å². The van der Waals surface area contributed by atoms with Crippen molar-refractivity contribution in [2.45, 2.75) is 90.4 Å². The van der Waals surface area contributed by atoms with Crippen LogP contribution in [0.25, 0.3) is 0 Å². The van der Waals surface area contributed by atoms with Crippen LogP contribution >= 0.6 is 0 Å². The van der Waals surface area contributed by atoms with Crippen LogP contribution in [0.2, 0.25) is 0 Å². The Balaban J connectivity index is 2.19. The number of hydrogen-bond acceptors (Lipinski definition) is 2. The molecule has 0 bridgehead atoms. The lowest BCUT2D eigenvalue weighted by Gasteiger charge is -2.14. The Labute approximate surface area is 141 Å². The van der Waals surface area contributed by atoms with Gasteiger partial charge in [0.2, 0.25) is 0 Å². The molecule has 23 heavy (non-hydrogen) atoms. The van der Waals surface area contributed by atoms with Crippen molar-refractivity contribution in [3.8, 4) is 0 Å². The topological polar surface area (TPSA) is 54.4 Å². The van der Waals surface area contributed by atoms with E-state index in [1.807, 2.05) is 0 Å². The van der Waals surface area contributed by atoms with Crippen molar-refractivity contribution in [3.63, 3.8) is 0 Å². The maximum atomic E-state index is 12.1. The standard InChI is InChI=1S/C20H34O3/c1-2-3-4-5-6-9-12-17-15-16-19(21)18(17)13-10-7-8-11-14-20(22)23/h9,12,17-18H,2-8,10-11,13-16H2,1H3,(H,22,23)/b12-9+/t17?,18-/m1/s1. The molecular weight excluding hydrogens is 288 g/mol. The van der Waals surface area contributed by atoms with E-state index in [0.29, 0.717) is 11.7 Å². The summed E-state index contributed by atoms with van der Waals surface area (Å²) in [7, 11) is 0. The van der Waals surface area contributed by atoms with E-state index in [1.54, 1.807) is 0 Å². The Kier molecular flexibility index (Phi) is 10.7. The third-order valence-electron chi connectivity index (χ3n) is 4.92. The van der Waals surface area contributed by atoms with Gasteiger partial charge in [0.05, 0.1) is 0 Å². The molecule has 0 saturated heterocycles. The van der Waals surface area contributed by atoms with Crippen molar-refractivity contribution in [2.24, 2.45) is 11.8 Å². The number of unbranched alkanes of at least 4 members (excludes halogenated alkanes) is 7. The van der Waals surface area contributed by atoms with Crippen LogP contribution in [-0.4, -0.2) is 16.9 Å². The molecule has 1 rings (SSSR count). The molecule has 1 unspecified atom stereocenters. The van der Waals surface area contributed by atoms with E-state index in [1.165, 1.54) is 25.7 Å². The van der Waals surface area contributed by atoms with Gasteiger partial charge in [-0.3, -0.25) is 9.59 Å². The fraction of sp³-hybridized carbons (Fsp3) is 0.800. The van der Waals surface area contributed by atoms with Gasteiger partial charge in [0.15, 0.2) is 0 Å². The zero-order valence-corrected chi connectivity index (χ0v) is 14.8. The first-order valence-electron chi connectivity index (χ1n) is 9.56. The van der Waals surface area contributed by atoms with E-state index in [2.05, 4.69) is 19.1 Å². The molecule has 1 saturated carbocycles. The molecule has 1 N–H and O–H groups in total. The Hall–Kier alpha value is -1.12. The zero-order valence-electron chi connectivity index (χ0n) is 14.8. The SMILES string of the molecule is CCCCCC/C=C/C1CCC(=O)[C@@H]1CCCCCCC(=O)O. The van der Waals surface area contributed by atoms with E-state index in [9.17, 15) is 9.59 Å². The highest BCUT2D eigenvalue weighted by Gasteiger charge is 2.31. The highest BCUT2D eigenvalue weighted by atomic mass is 16.4. The summed E-state index contributed by atoms with van der Waals surface area (Å²) >= 11 is 0. The molecule has 3 nitrogen and oxygen atoms in total. The first kappa shape index (κ1) is 19.9. The van der Waals surface area contributed by atoms with E-state index in [0.717, 1.165) is 51.4 Å². The van der Waals surface area contributed by atoms with Crippen LogP contribution < -0.4 is 0 Å². The van der Waals surface area contributed by atoms with Crippen LogP contribution in [0.4, 0.5) is 0 Å². The Morgan fingerprint density at radius 2 is 1.87 bits per heavy atom. The number of carbonyl (C=O) groups excluding carboxylic acids is 1. The van der Waals surface area contributed by atoms with Gasteiger partial charge in [0.25, 0.3) is 0 Å². The number of aliphatic carboxylic acids is 1. The summed E-state index contributed by atoms with van der Waals surface area (Å²) in [4.78, 5) is 22.5. The van der Waals surface area contributed by atoms with Gasteiger partial charge in [-0.25, -0.2) is 0 Å². The van der Waals surface area contributed by atoms with Crippen molar-refractivity contribution in [1.29, 1.82) is 0 Å². The Morgan fingerprint density at radius 1 is 1.13 bits per heavy atom. The molecule has 0 amide bonds. The summed E-state index contributed by atoms with van der Waals surface area (Å²) < 4.78 is 0. The number of hydrogen-bond donors (Lipinski definition) is 1. The fourth-order valence-corrected chi connectivity index (χ4v) is 3.49. The lowest BCUT2D eigenvalue weighted by Crippen LogP contribution is -2.13. The van der Waals surface area contributed by atoms with Crippen molar-refractivity contribution in [2.75, 3.05) is 0 Å². The zero-order chi connectivity index (χ0) is 16.9. The highest BCUT2D eigenvalue weighted by molar-refractivity contribution is 5.83. The number of carbonyl (C=O) groups is 2. The second-order valence-corrected chi connectivity index (χ2v) is 6.90.